The lowest BCUT2D eigenvalue weighted by molar-refractivity contribution is 0.0421. The summed E-state index contributed by atoms with van der Waals surface area (Å²) >= 11 is 0. The number of rotatable bonds is 21. The van der Waals surface area contributed by atoms with Crippen LogP contribution in [0.4, 0.5) is 9.59 Å². The van der Waals surface area contributed by atoms with E-state index in [2.05, 4.69) is 173 Å². The Balaban J connectivity index is 0.516. The van der Waals surface area contributed by atoms with Gasteiger partial charge in [-0.1, -0.05) is 185 Å². The van der Waals surface area contributed by atoms with Crippen LogP contribution in [-0.2, 0) is 41.0 Å². The van der Waals surface area contributed by atoms with Crippen molar-refractivity contribution in [3.05, 3.63) is 262 Å². The topological polar surface area (TPSA) is 126 Å². The SMILES string of the molecule is COc1ccc(C2(c3ccc(OCCOC(=O)OCCCCCCOC(=O)OCCOc4ccc(C5(c6ccc(OC)cc6)C=Cc6c7c(c8ccccc8c6O5)-c5ccccc5C7(C)C)cc4)cc3)C=Cc3c4c(c5ccccc5c3O2)-c2ccccc2C4(C)C)cc1. The molecule has 10 aromatic rings. The van der Waals surface area contributed by atoms with Gasteiger partial charge in [0.15, 0.2) is 11.2 Å². The second-order valence-electron chi connectivity index (χ2n) is 25.3. The molecule has 0 N–H and O–H groups in total. The molecule has 94 heavy (non-hydrogen) atoms. The van der Waals surface area contributed by atoms with E-state index < -0.39 is 23.5 Å². The molecule has 12 heteroatoms. The van der Waals surface area contributed by atoms with E-state index in [0.29, 0.717) is 24.3 Å². The fourth-order valence-corrected chi connectivity index (χ4v) is 14.6. The lowest BCUT2D eigenvalue weighted by Crippen LogP contribution is -2.35. The Bertz CT molecular complexity index is 4270. The number of carbonyl (C=O) groups excluding carboxylic acids is 2. The fourth-order valence-electron chi connectivity index (χ4n) is 14.6. The highest BCUT2D eigenvalue weighted by Gasteiger charge is 2.46. The van der Waals surface area contributed by atoms with Crippen molar-refractivity contribution in [3.63, 3.8) is 0 Å². The predicted molar refractivity (Wildman–Crippen MR) is 367 cm³/mol. The summed E-state index contributed by atoms with van der Waals surface area (Å²) in [6, 6.07) is 66.3. The molecule has 0 fully saturated rings. The predicted octanol–water partition coefficient (Wildman–Crippen LogP) is 18.6. The zero-order valence-electron chi connectivity index (χ0n) is 53.8. The molecule has 2 aliphatic carbocycles. The first-order valence-electron chi connectivity index (χ1n) is 32.3. The Hall–Kier alpha value is -10.5. The third-order valence-electron chi connectivity index (χ3n) is 19.1. The summed E-state index contributed by atoms with van der Waals surface area (Å²) in [5, 5.41) is 4.42. The fraction of sp³-hybridized carbons (Fsp3) is 0.244. The molecule has 2 atom stereocenters. The molecule has 10 aromatic carbocycles. The van der Waals surface area contributed by atoms with Crippen LogP contribution in [0, 0.1) is 0 Å². The van der Waals surface area contributed by atoms with Gasteiger partial charge in [0.05, 0.1) is 27.4 Å². The Morgan fingerprint density at radius 2 is 0.691 bits per heavy atom. The number of hydrogen-bond acceptors (Lipinski definition) is 12. The van der Waals surface area contributed by atoms with Crippen molar-refractivity contribution in [1.29, 1.82) is 0 Å². The Morgan fingerprint density at radius 1 is 0.362 bits per heavy atom. The van der Waals surface area contributed by atoms with Crippen molar-refractivity contribution in [2.75, 3.05) is 53.9 Å². The molecule has 4 aliphatic rings. The van der Waals surface area contributed by atoms with Gasteiger partial charge in [-0.25, -0.2) is 9.59 Å². The van der Waals surface area contributed by atoms with Gasteiger partial charge >= 0.3 is 12.3 Å². The molecular formula is C82H74O12. The van der Waals surface area contributed by atoms with Gasteiger partial charge < -0.3 is 47.4 Å². The summed E-state index contributed by atoms with van der Waals surface area (Å²) in [4.78, 5) is 25.0. The molecule has 0 radical (unpaired) electrons. The molecule has 0 saturated heterocycles. The highest BCUT2D eigenvalue weighted by atomic mass is 16.7. The van der Waals surface area contributed by atoms with E-state index in [0.717, 1.165) is 90.8 Å². The zero-order valence-corrected chi connectivity index (χ0v) is 53.8. The minimum Gasteiger partial charge on any atom is -0.497 e. The normalized spacial score (nSPS) is 17.0. The Kier molecular flexibility index (Phi) is 16.4. The number of carbonyl (C=O) groups is 2. The zero-order chi connectivity index (χ0) is 64.6. The summed E-state index contributed by atoms with van der Waals surface area (Å²) < 4.78 is 59.4. The van der Waals surface area contributed by atoms with Crippen molar-refractivity contribution in [2.45, 2.75) is 75.4 Å². The number of ether oxygens (including phenoxy) is 10. The summed E-state index contributed by atoms with van der Waals surface area (Å²) in [5.74, 6) is 4.41. The van der Waals surface area contributed by atoms with Crippen LogP contribution in [0.1, 0.15) is 109 Å². The second kappa shape index (κ2) is 25.2. The van der Waals surface area contributed by atoms with Crippen LogP contribution < -0.4 is 28.4 Å². The van der Waals surface area contributed by atoms with E-state index in [1.165, 1.54) is 44.5 Å². The number of benzene rings is 10. The minimum atomic E-state index is -0.981. The van der Waals surface area contributed by atoms with Gasteiger partial charge in [0.25, 0.3) is 0 Å². The lowest BCUT2D eigenvalue weighted by Gasteiger charge is -2.38. The Labute approximate surface area is 548 Å². The van der Waals surface area contributed by atoms with E-state index in [4.69, 9.17) is 47.4 Å². The molecule has 2 aliphatic heterocycles. The van der Waals surface area contributed by atoms with Crippen molar-refractivity contribution in [2.24, 2.45) is 0 Å². The monoisotopic (exact) mass is 1250 g/mol. The van der Waals surface area contributed by atoms with Crippen molar-refractivity contribution in [1.82, 2.24) is 0 Å². The van der Waals surface area contributed by atoms with Crippen LogP contribution in [0.15, 0.2) is 206 Å². The summed E-state index contributed by atoms with van der Waals surface area (Å²) in [7, 11) is 3.33. The molecule has 0 amide bonds. The van der Waals surface area contributed by atoms with Crippen LogP contribution in [0.5, 0.6) is 34.5 Å². The highest BCUT2D eigenvalue weighted by molar-refractivity contribution is 6.10. The van der Waals surface area contributed by atoms with Crippen LogP contribution in [-0.4, -0.2) is 66.2 Å². The molecular weight excluding hydrogens is 1180 g/mol. The summed E-state index contributed by atoms with van der Waals surface area (Å²) in [6.07, 6.45) is 10.1. The first kappa shape index (κ1) is 61.1. The summed E-state index contributed by atoms with van der Waals surface area (Å²) in [5.41, 5.74) is 13.6. The molecule has 0 bridgehead atoms. The minimum absolute atomic E-state index is 0.00904. The molecule has 12 nitrogen and oxygen atoms in total. The molecule has 14 rings (SSSR count). The van der Waals surface area contributed by atoms with Crippen molar-refractivity contribution in [3.8, 4) is 56.8 Å². The maximum absolute atomic E-state index is 12.5. The third-order valence-corrected chi connectivity index (χ3v) is 19.1. The van der Waals surface area contributed by atoms with E-state index in [9.17, 15) is 9.59 Å². The van der Waals surface area contributed by atoms with Crippen LogP contribution >= 0.6 is 0 Å². The van der Waals surface area contributed by atoms with Gasteiger partial charge in [-0.2, -0.15) is 0 Å². The molecule has 0 saturated carbocycles. The smallest absolute Gasteiger partial charge is 0.497 e. The van der Waals surface area contributed by atoms with Gasteiger partial charge in [0.1, 0.15) is 60.9 Å². The van der Waals surface area contributed by atoms with Crippen LogP contribution in [0.25, 0.3) is 56.0 Å². The number of fused-ring (bicyclic) bond motifs is 16. The van der Waals surface area contributed by atoms with Gasteiger partial charge in [-0.05, 0) is 142 Å². The first-order valence-corrected chi connectivity index (χ1v) is 32.3. The average molecular weight is 1250 g/mol. The molecule has 0 spiro atoms. The van der Waals surface area contributed by atoms with E-state index in [1.54, 1.807) is 14.2 Å². The van der Waals surface area contributed by atoms with E-state index in [1.807, 2.05) is 72.8 Å². The second-order valence-corrected chi connectivity index (χ2v) is 25.3. The van der Waals surface area contributed by atoms with Crippen LogP contribution in [0.2, 0.25) is 0 Å². The summed E-state index contributed by atoms with van der Waals surface area (Å²) in [6.45, 7) is 9.89. The third kappa shape index (κ3) is 10.9. The molecule has 0 aromatic heterocycles. The van der Waals surface area contributed by atoms with Gasteiger partial charge in [0.2, 0.25) is 0 Å². The number of hydrogen-bond donors (Lipinski definition) is 0. The lowest BCUT2D eigenvalue weighted by atomic mass is 9.77. The maximum atomic E-state index is 12.5. The quantitative estimate of drug-likeness (QED) is 0.0502. The van der Waals surface area contributed by atoms with E-state index >= 15 is 0 Å². The molecule has 2 heterocycles. The molecule has 474 valence electrons. The van der Waals surface area contributed by atoms with Crippen LogP contribution in [0.3, 0.4) is 0 Å². The number of methoxy groups -OCH3 is 2. The van der Waals surface area contributed by atoms with Gasteiger partial charge in [-0.15, -0.1) is 0 Å². The van der Waals surface area contributed by atoms with Crippen molar-refractivity contribution >= 4 is 46.0 Å². The first-order chi connectivity index (χ1) is 45.8. The largest absolute Gasteiger partial charge is 0.508 e. The average Bonchev–Trinajstić information content (AvgIpc) is 1.47. The highest BCUT2D eigenvalue weighted by Crippen LogP contribution is 2.60. The van der Waals surface area contributed by atoms with E-state index in [-0.39, 0.29) is 50.5 Å². The van der Waals surface area contributed by atoms with Gasteiger partial charge in [-0.3, -0.25) is 0 Å². The molecule has 2 unspecified atom stereocenters. The standard InChI is InChI=1S/C82H74O12/c1-79(2)69-25-15-13-23-65(69)71-61-19-9-11-21-63(61)75-67(73(71)79)43-45-81(93-75,53-27-35-57(85-5)36-28-53)55-31-39-59(40-32-55)87-49-51-91-77(83)89-47-17-7-8-18-48-90-78(84)92-52-50-88-60-41-33-56(34-42-60)82(54-29-37-58(86-6)38-30-54)46-44-68-74-72(62-20-10-12-22-64(62)76(68)94-82)66-24-14-16-26-70(66)80(74,3)4/h9-16,19-46H,7-8,17-18,47-52H2,1-6H3. The maximum Gasteiger partial charge on any atom is 0.508 e. The Morgan fingerprint density at radius 3 is 1.06 bits per heavy atom. The van der Waals surface area contributed by atoms with Gasteiger partial charge in [0, 0.05) is 55.0 Å². The van der Waals surface area contributed by atoms with Crippen molar-refractivity contribution < 1.29 is 57.0 Å². The number of unbranched alkanes of at least 4 members (excludes halogenated alkanes) is 3.